The Balaban J connectivity index is 1.26. The number of furan rings is 1. The van der Waals surface area contributed by atoms with Crippen LogP contribution in [-0.4, -0.2) is 35.8 Å². The average Bonchev–Trinajstić information content (AvgIpc) is 3.30. The largest absolute Gasteiger partial charge is 0.472 e. The molecule has 148 valence electrons. The fourth-order valence-corrected chi connectivity index (χ4v) is 3.71. The lowest BCUT2D eigenvalue weighted by Crippen LogP contribution is -2.46. The maximum atomic E-state index is 12.4. The topological polar surface area (TPSA) is 62.6 Å². The Labute approximate surface area is 170 Å². The van der Waals surface area contributed by atoms with E-state index in [0.29, 0.717) is 25.1 Å². The van der Waals surface area contributed by atoms with E-state index in [-0.39, 0.29) is 17.9 Å². The molecule has 0 bridgehead atoms. The normalized spacial score (nSPS) is 14.6. The van der Waals surface area contributed by atoms with Crippen LogP contribution in [0.1, 0.15) is 28.8 Å². The molecule has 0 unspecified atom stereocenters. The van der Waals surface area contributed by atoms with E-state index in [4.69, 9.17) is 4.42 Å². The standard InChI is InChI=1S/C24H24N2O3/c27-23(16-18-6-8-20(9-7-18)19-4-2-1-3-5-19)25-22-10-13-26(14-11-22)24(28)21-12-15-29-17-21/h1-9,12,15,17,22H,10-11,13-14,16H2,(H,25,27). The van der Waals surface area contributed by atoms with E-state index < -0.39 is 0 Å². The first-order chi connectivity index (χ1) is 14.2. The number of rotatable bonds is 5. The number of carbonyl (C=O) groups excluding carboxylic acids is 2. The summed E-state index contributed by atoms with van der Waals surface area (Å²) >= 11 is 0. The van der Waals surface area contributed by atoms with Crippen LogP contribution in [-0.2, 0) is 11.2 Å². The number of benzene rings is 2. The van der Waals surface area contributed by atoms with Crippen LogP contribution in [0.2, 0.25) is 0 Å². The third-order valence-corrected chi connectivity index (χ3v) is 5.34. The van der Waals surface area contributed by atoms with Crippen LogP contribution >= 0.6 is 0 Å². The molecule has 2 heterocycles. The van der Waals surface area contributed by atoms with Crippen LogP contribution in [0.3, 0.4) is 0 Å². The fraction of sp³-hybridized carbons (Fsp3) is 0.250. The van der Waals surface area contributed by atoms with Crippen molar-refractivity contribution in [3.8, 4) is 11.1 Å². The Hall–Kier alpha value is -3.34. The van der Waals surface area contributed by atoms with E-state index in [0.717, 1.165) is 24.0 Å². The van der Waals surface area contributed by atoms with Crippen molar-refractivity contribution >= 4 is 11.8 Å². The summed E-state index contributed by atoms with van der Waals surface area (Å²) < 4.78 is 4.98. The molecule has 0 radical (unpaired) electrons. The van der Waals surface area contributed by atoms with E-state index in [1.165, 1.54) is 18.1 Å². The number of nitrogens with one attached hydrogen (secondary N) is 1. The molecule has 1 fully saturated rings. The van der Waals surface area contributed by atoms with Crippen molar-refractivity contribution in [1.82, 2.24) is 10.2 Å². The van der Waals surface area contributed by atoms with Crippen molar-refractivity contribution in [3.63, 3.8) is 0 Å². The molecule has 4 rings (SSSR count). The van der Waals surface area contributed by atoms with Gasteiger partial charge in [0.15, 0.2) is 0 Å². The minimum Gasteiger partial charge on any atom is -0.472 e. The molecule has 29 heavy (non-hydrogen) atoms. The number of carbonyl (C=O) groups is 2. The van der Waals surface area contributed by atoms with Crippen LogP contribution in [0, 0.1) is 0 Å². The third kappa shape index (κ3) is 4.74. The van der Waals surface area contributed by atoms with Crippen molar-refractivity contribution < 1.29 is 14.0 Å². The first kappa shape index (κ1) is 19.0. The average molecular weight is 388 g/mol. The summed E-state index contributed by atoms with van der Waals surface area (Å²) in [6.07, 6.45) is 4.87. The number of amides is 2. The van der Waals surface area contributed by atoms with Gasteiger partial charge in [0.25, 0.3) is 5.91 Å². The van der Waals surface area contributed by atoms with E-state index >= 15 is 0 Å². The highest BCUT2D eigenvalue weighted by Crippen LogP contribution is 2.20. The summed E-state index contributed by atoms with van der Waals surface area (Å²) in [6.45, 7) is 1.28. The van der Waals surface area contributed by atoms with Gasteiger partial charge in [-0.2, -0.15) is 0 Å². The molecule has 1 N–H and O–H groups in total. The molecule has 5 nitrogen and oxygen atoms in total. The second-order valence-electron chi connectivity index (χ2n) is 7.39. The zero-order chi connectivity index (χ0) is 20.1. The lowest BCUT2D eigenvalue weighted by molar-refractivity contribution is -0.121. The highest BCUT2D eigenvalue weighted by Gasteiger charge is 2.25. The van der Waals surface area contributed by atoms with Crippen LogP contribution < -0.4 is 5.32 Å². The van der Waals surface area contributed by atoms with Crippen LogP contribution in [0.5, 0.6) is 0 Å². The Morgan fingerprint density at radius 3 is 2.28 bits per heavy atom. The van der Waals surface area contributed by atoms with E-state index in [1.807, 2.05) is 35.2 Å². The number of piperidine rings is 1. The molecule has 1 saturated heterocycles. The molecule has 2 aromatic carbocycles. The van der Waals surface area contributed by atoms with Gasteiger partial charge in [0.2, 0.25) is 5.91 Å². The SMILES string of the molecule is O=C(Cc1ccc(-c2ccccc2)cc1)NC1CCN(C(=O)c2ccoc2)CC1. The van der Waals surface area contributed by atoms with Crippen molar-refractivity contribution in [2.45, 2.75) is 25.3 Å². The van der Waals surface area contributed by atoms with Gasteiger partial charge < -0.3 is 14.6 Å². The predicted octanol–water partition coefficient (Wildman–Crippen LogP) is 3.91. The Morgan fingerprint density at radius 2 is 1.62 bits per heavy atom. The molecule has 0 aliphatic carbocycles. The van der Waals surface area contributed by atoms with Gasteiger partial charge in [-0.1, -0.05) is 54.6 Å². The molecule has 1 aliphatic rings. The molecule has 0 saturated carbocycles. The first-order valence-electron chi connectivity index (χ1n) is 9.94. The molecule has 0 atom stereocenters. The zero-order valence-corrected chi connectivity index (χ0v) is 16.2. The number of nitrogens with zero attached hydrogens (tertiary/aromatic N) is 1. The quantitative estimate of drug-likeness (QED) is 0.721. The molecular formula is C24H24N2O3. The summed E-state index contributed by atoms with van der Waals surface area (Å²) in [7, 11) is 0. The molecule has 1 aliphatic heterocycles. The maximum Gasteiger partial charge on any atom is 0.257 e. The first-order valence-corrected chi connectivity index (χ1v) is 9.94. The summed E-state index contributed by atoms with van der Waals surface area (Å²) in [4.78, 5) is 26.6. The summed E-state index contributed by atoms with van der Waals surface area (Å²) in [5.41, 5.74) is 3.88. The van der Waals surface area contributed by atoms with E-state index in [9.17, 15) is 9.59 Å². The lowest BCUT2D eigenvalue weighted by Gasteiger charge is -2.32. The Morgan fingerprint density at radius 1 is 0.931 bits per heavy atom. The second-order valence-corrected chi connectivity index (χ2v) is 7.39. The van der Waals surface area contributed by atoms with Crippen LogP contribution in [0.25, 0.3) is 11.1 Å². The maximum absolute atomic E-state index is 12.4. The van der Waals surface area contributed by atoms with Crippen molar-refractivity contribution in [2.75, 3.05) is 13.1 Å². The van der Waals surface area contributed by atoms with Gasteiger partial charge >= 0.3 is 0 Å². The van der Waals surface area contributed by atoms with Gasteiger partial charge in [-0.15, -0.1) is 0 Å². The van der Waals surface area contributed by atoms with Crippen LogP contribution in [0.15, 0.2) is 77.6 Å². The van der Waals surface area contributed by atoms with Gasteiger partial charge in [0, 0.05) is 19.1 Å². The summed E-state index contributed by atoms with van der Waals surface area (Å²) in [5.74, 6) is 0.0131. The van der Waals surface area contributed by atoms with Crippen molar-refractivity contribution in [3.05, 3.63) is 84.3 Å². The Kier molecular flexibility index (Phi) is 5.75. The van der Waals surface area contributed by atoms with Gasteiger partial charge in [0.05, 0.1) is 18.2 Å². The minimum atomic E-state index is -0.0120. The molecule has 1 aromatic heterocycles. The molecular weight excluding hydrogens is 364 g/mol. The fourth-order valence-electron chi connectivity index (χ4n) is 3.71. The zero-order valence-electron chi connectivity index (χ0n) is 16.2. The minimum absolute atomic E-state index is 0.0120. The summed E-state index contributed by atoms with van der Waals surface area (Å²) in [5, 5.41) is 3.11. The number of hydrogen-bond donors (Lipinski definition) is 1. The number of hydrogen-bond acceptors (Lipinski definition) is 3. The van der Waals surface area contributed by atoms with Gasteiger partial charge in [0.1, 0.15) is 6.26 Å². The van der Waals surface area contributed by atoms with Gasteiger partial charge in [-0.05, 0) is 35.6 Å². The van der Waals surface area contributed by atoms with Crippen LogP contribution in [0.4, 0.5) is 0 Å². The molecule has 3 aromatic rings. The molecule has 2 amide bonds. The highest BCUT2D eigenvalue weighted by molar-refractivity contribution is 5.93. The number of likely N-dealkylation sites (tertiary alicyclic amines) is 1. The predicted molar refractivity (Wildman–Crippen MR) is 111 cm³/mol. The summed E-state index contributed by atoms with van der Waals surface area (Å²) in [6, 6.07) is 20.1. The van der Waals surface area contributed by atoms with Crippen molar-refractivity contribution in [1.29, 1.82) is 0 Å². The lowest BCUT2D eigenvalue weighted by atomic mass is 10.0. The monoisotopic (exact) mass is 388 g/mol. The molecule has 5 heteroatoms. The van der Waals surface area contributed by atoms with E-state index in [2.05, 4.69) is 29.6 Å². The van der Waals surface area contributed by atoms with Crippen molar-refractivity contribution in [2.24, 2.45) is 0 Å². The van der Waals surface area contributed by atoms with Gasteiger partial charge in [-0.25, -0.2) is 0 Å². The van der Waals surface area contributed by atoms with E-state index in [1.54, 1.807) is 6.07 Å². The third-order valence-electron chi connectivity index (χ3n) is 5.34. The molecule has 0 spiro atoms. The smallest absolute Gasteiger partial charge is 0.257 e. The Bertz CT molecular complexity index is 942. The second kappa shape index (κ2) is 8.78. The highest BCUT2D eigenvalue weighted by atomic mass is 16.3. The van der Waals surface area contributed by atoms with Gasteiger partial charge in [-0.3, -0.25) is 9.59 Å².